The lowest BCUT2D eigenvalue weighted by atomic mass is 10.1. The van der Waals surface area contributed by atoms with Crippen molar-refractivity contribution in [2.75, 3.05) is 36.5 Å². The van der Waals surface area contributed by atoms with E-state index in [0.717, 1.165) is 24.0 Å². The van der Waals surface area contributed by atoms with Crippen LogP contribution in [0.5, 0.6) is 0 Å². The van der Waals surface area contributed by atoms with Crippen LogP contribution in [0.2, 0.25) is 0 Å². The predicted octanol–water partition coefficient (Wildman–Crippen LogP) is 3.54. The zero-order valence-corrected chi connectivity index (χ0v) is 13.8. The van der Waals surface area contributed by atoms with Crippen LogP contribution in [0.4, 0.5) is 17.1 Å². The minimum atomic E-state index is 0.666. The molecule has 21 heavy (non-hydrogen) atoms. The largest absolute Gasteiger partial charge is 0.371 e. The van der Waals surface area contributed by atoms with Gasteiger partial charge in [0.05, 0.1) is 11.4 Å². The molecule has 0 radical (unpaired) electrons. The number of para-hydroxylation sites is 2. The summed E-state index contributed by atoms with van der Waals surface area (Å²) in [7, 11) is 2.15. The molecule has 3 nitrogen and oxygen atoms in total. The molecule has 0 amide bonds. The Morgan fingerprint density at radius 3 is 2.57 bits per heavy atom. The molecule has 0 aromatic heterocycles. The van der Waals surface area contributed by atoms with Crippen LogP contribution in [0.25, 0.3) is 0 Å². The third-order valence-corrected chi connectivity index (χ3v) is 4.48. The van der Waals surface area contributed by atoms with Crippen LogP contribution in [-0.4, -0.2) is 26.7 Å². The Labute approximate surface area is 134 Å². The van der Waals surface area contributed by atoms with E-state index in [1.807, 2.05) is 0 Å². The van der Waals surface area contributed by atoms with Crippen molar-refractivity contribution in [2.45, 2.75) is 6.42 Å². The number of nitrogens with zero attached hydrogens (tertiary/aromatic N) is 2. The first kappa shape index (κ1) is 14.4. The van der Waals surface area contributed by atoms with Gasteiger partial charge in [-0.1, -0.05) is 28.1 Å². The summed E-state index contributed by atoms with van der Waals surface area (Å²) in [5.41, 5.74) is 10.9. The van der Waals surface area contributed by atoms with Crippen LogP contribution in [0.15, 0.2) is 46.9 Å². The average molecular weight is 346 g/mol. The van der Waals surface area contributed by atoms with Gasteiger partial charge in [0.25, 0.3) is 0 Å². The van der Waals surface area contributed by atoms with Crippen molar-refractivity contribution >= 4 is 33.0 Å². The fourth-order valence-electron chi connectivity index (χ4n) is 2.93. The molecule has 4 heteroatoms. The van der Waals surface area contributed by atoms with Crippen molar-refractivity contribution in [3.8, 4) is 0 Å². The van der Waals surface area contributed by atoms with E-state index in [-0.39, 0.29) is 0 Å². The predicted molar refractivity (Wildman–Crippen MR) is 93.6 cm³/mol. The molecule has 2 aromatic carbocycles. The van der Waals surface area contributed by atoms with E-state index >= 15 is 0 Å². The van der Waals surface area contributed by atoms with Gasteiger partial charge in [-0.2, -0.15) is 0 Å². The maximum atomic E-state index is 5.78. The molecule has 1 aliphatic heterocycles. The number of hydrogen-bond donors (Lipinski definition) is 1. The maximum Gasteiger partial charge on any atom is 0.0649 e. The summed E-state index contributed by atoms with van der Waals surface area (Å²) in [5, 5.41) is 0. The molecular formula is C17H20BrN3. The molecule has 0 spiro atoms. The highest BCUT2D eigenvalue weighted by molar-refractivity contribution is 9.10. The minimum absolute atomic E-state index is 0.666. The first-order valence-corrected chi connectivity index (χ1v) is 8.06. The standard InChI is InChI=1S/C17H20BrN3/c1-20-10-11-21(17-5-3-2-4-16(17)20)15-7-6-14(18)12-13(15)8-9-19/h2-7,12H,8-11,19H2,1H3. The van der Waals surface area contributed by atoms with E-state index < -0.39 is 0 Å². The SMILES string of the molecule is CN1CCN(c2ccc(Br)cc2CCN)c2ccccc21. The zero-order valence-electron chi connectivity index (χ0n) is 12.2. The summed E-state index contributed by atoms with van der Waals surface area (Å²) in [4.78, 5) is 4.72. The van der Waals surface area contributed by atoms with Crippen LogP contribution in [0.3, 0.4) is 0 Å². The molecular weight excluding hydrogens is 326 g/mol. The third-order valence-electron chi connectivity index (χ3n) is 3.99. The van der Waals surface area contributed by atoms with Crippen molar-refractivity contribution in [2.24, 2.45) is 5.73 Å². The number of rotatable bonds is 3. The molecule has 0 atom stereocenters. The van der Waals surface area contributed by atoms with Crippen LogP contribution < -0.4 is 15.5 Å². The Morgan fingerprint density at radius 2 is 1.81 bits per heavy atom. The van der Waals surface area contributed by atoms with Gasteiger partial charge in [0.15, 0.2) is 0 Å². The molecule has 3 rings (SSSR count). The molecule has 0 aliphatic carbocycles. The van der Waals surface area contributed by atoms with Crippen LogP contribution >= 0.6 is 15.9 Å². The van der Waals surface area contributed by atoms with Crippen molar-refractivity contribution in [1.29, 1.82) is 0 Å². The topological polar surface area (TPSA) is 32.5 Å². The normalized spacial score (nSPS) is 14.2. The number of fused-ring (bicyclic) bond motifs is 1. The number of nitrogens with two attached hydrogens (primary N) is 1. The summed E-state index contributed by atoms with van der Waals surface area (Å²) < 4.78 is 1.11. The fraction of sp³-hybridized carbons (Fsp3) is 0.294. The number of benzene rings is 2. The molecule has 0 saturated heterocycles. The Bertz CT molecular complexity index is 642. The maximum absolute atomic E-state index is 5.78. The van der Waals surface area contributed by atoms with Crippen LogP contribution in [0, 0.1) is 0 Å². The summed E-state index contributed by atoms with van der Waals surface area (Å²) in [6, 6.07) is 15.1. The van der Waals surface area contributed by atoms with E-state index in [1.165, 1.54) is 22.6 Å². The van der Waals surface area contributed by atoms with Gasteiger partial charge in [0.1, 0.15) is 0 Å². The van der Waals surface area contributed by atoms with E-state index in [4.69, 9.17) is 5.73 Å². The lowest BCUT2D eigenvalue weighted by molar-refractivity contribution is 0.815. The minimum Gasteiger partial charge on any atom is -0.371 e. The first-order chi connectivity index (χ1) is 10.2. The number of likely N-dealkylation sites (N-methyl/N-ethyl adjacent to an activating group) is 1. The first-order valence-electron chi connectivity index (χ1n) is 7.27. The summed E-state index contributed by atoms with van der Waals surface area (Å²) in [5.74, 6) is 0. The van der Waals surface area contributed by atoms with Gasteiger partial charge in [-0.3, -0.25) is 0 Å². The van der Waals surface area contributed by atoms with Crippen LogP contribution in [0.1, 0.15) is 5.56 Å². The summed E-state index contributed by atoms with van der Waals surface area (Å²) >= 11 is 3.56. The lowest BCUT2D eigenvalue weighted by Gasteiger charge is -2.38. The second-order valence-corrected chi connectivity index (χ2v) is 6.29. The summed E-state index contributed by atoms with van der Waals surface area (Å²) in [6.45, 7) is 2.68. The Hall–Kier alpha value is -1.52. The van der Waals surface area contributed by atoms with E-state index in [1.54, 1.807) is 0 Å². The van der Waals surface area contributed by atoms with Crippen molar-refractivity contribution in [1.82, 2.24) is 0 Å². The van der Waals surface area contributed by atoms with Gasteiger partial charge in [0.2, 0.25) is 0 Å². The van der Waals surface area contributed by atoms with Crippen LogP contribution in [-0.2, 0) is 6.42 Å². The van der Waals surface area contributed by atoms with Gasteiger partial charge in [0, 0.05) is 30.3 Å². The molecule has 1 aliphatic rings. The Kier molecular flexibility index (Phi) is 4.17. The molecule has 2 N–H and O–H groups in total. The van der Waals surface area contributed by atoms with E-state index in [0.29, 0.717) is 6.54 Å². The fourth-order valence-corrected chi connectivity index (χ4v) is 3.34. The molecule has 0 fully saturated rings. The molecule has 110 valence electrons. The third kappa shape index (κ3) is 2.78. The zero-order chi connectivity index (χ0) is 14.8. The second-order valence-electron chi connectivity index (χ2n) is 5.37. The van der Waals surface area contributed by atoms with Gasteiger partial charge in [-0.15, -0.1) is 0 Å². The van der Waals surface area contributed by atoms with E-state index in [2.05, 4.69) is 75.2 Å². The number of hydrogen-bond acceptors (Lipinski definition) is 3. The smallest absolute Gasteiger partial charge is 0.0649 e. The number of anilines is 3. The van der Waals surface area contributed by atoms with E-state index in [9.17, 15) is 0 Å². The molecule has 0 bridgehead atoms. The highest BCUT2D eigenvalue weighted by Gasteiger charge is 2.22. The second kappa shape index (κ2) is 6.08. The van der Waals surface area contributed by atoms with Gasteiger partial charge in [-0.05, 0) is 48.9 Å². The Morgan fingerprint density at radius 1 is 1.05 bits per heavy atom. The number of halogens is 1. The molecule has 2 aromatic rings. The molecule has 1 heterocycles. The lowest BCUT2D eigenvalue weighted by Crippen LogP contribution is -2.36. The average Bonchev–Trinajstić information content (AvgIpc) is 2.49. The van der Waals surface area contributed by atoms with Gasteiger partial charge in [-0.25, -0.2) is 0 Å². The summed E-state index contributed by atoms with van der Waals surface area (Å²) in [6.07, 6.45) is 0.892. The van der Waals surface area contributed by atoms with Gasteiger partial charge < -0.3 is 15.5 Å². The quantitative estimate of drug-likeness (QED) is 0.923. The molecule has 0 unspecified atom stereocenters. The highest BCUT2D eigenvalue weighted by Crippen LogP contribution is 2.38. The molecule has 0 saturated carbocycles. The monoisotopic (exact) mass is 345 g/mol. The van der Waals surface area contributed by atoms with Crippen molar-refractivity contribution in [3.63, 3.8) is 0 Å². The van der Waals surface area contributed by atoms with Crippen molar-refractivity contribution in [3.05, 3.63) is 52.5 Å². The Balaban J connectivity index is 2.07. The highest BCUT2D eigenvalue weighted by atomic mass is 79.9. The van der Waals surface area contributed by atoms with Gasteiger partial charge >= 0.3 is 0 Å². The van der Waals surface area contributed by atoms with Crippen molar-refractivity contribution < 1.29 is 0 Å².